The molecule has 38 heavy (non-hydrogen) atoms. The topological polar surface area (TPSA) is 79.4 Å². The number of benzene rings is 3. The number of ether oxygens (including phenoxy) is 2. The van der Waals surface area contributed by atoms with Crippen molar-refractivity contribution in [3.63, 3.8) is 0 Å². The molecule has 3 aromatic carbocycles. The van der Waals surface area contributed by atoms with Crippen molar-refractivity contribution in [1.29, 1.82) is 0 Å². The molecule has 0 fully saturated rings. The Morgan fingerprint density at radius 2 is 1.66 bits per heavy atom. The molecule has 0 spiro atoms. The van der Waals surface area contributed by atoms with Gasteiger partial charge in [-0.15, -0.1) is 5.10 Å². The number of hydrogen-bond acceptors (Lipinski definition) is 6. The molecule has 0 radical (unpaired) electrons. The third-order valence-electron chi connectivity index (χ3n) is 6.77. The van der Waals surface area contributed by atoms with Crippen LogP contribution in [0.5, 0.6) is 17.5 Å². The lowest BCUT2D eigenvalue weighted by Crippen LogP contribution is -2.16. The van der Waals surface area contributed by atoms with Gasteiger partial charge in [0.2, 0.25) is 11.8 Å². The molecule has 7 rings (SSSR count). The van der Waals surface area contributed by atoms with Gasteiger partial charge in [0, 0.05) is 11.1 Å². The summed E-state index contributed by atoms with van der Waals surface area (Å²) >= 11 is 0. The summed E-state index contributed by atoms with van der Waals surface area (Å²) in [4.78, 5) is 9.51. The Kier molecular flexibility index (Phi) is 4.97. The Balaban J connectivity index is 1.51. The molecule has 3 aromatic heterocycles. The van der Waals surface area contributed by atoms with Gasteiger partial charge in [-0.05, 0) is 49.4 Å². The molecule has 0 amide bonds. The highest BCUT2D eigenvalue weighted by Crippen LogP contribution is 2.51. The van der Waals surface area contributed by atoms with E-state index in [-0.39, 0.29) is 11.7 Å². The molecule has 0 unspecified atom stereocenters. The summed E-state index contributed by atoms with van der Waals surface area (Å²) in [6, 6.07) is 23.8. The van der Waals surface area contributed by atoms with Crippen LogP contribution in [0.15, 0.2) is 85.2 Å². The van der Waals surface area contributed by atoms with Crippen molar-refractivity contribution in [3.05, 3.63) is 113 Å². The van der Waals surface area contributed by atoms with E-state index < -0.39 is 0 Å². The molecular weight excluding hydrogens is 483 g/mol. The Labute approximate surface area is 216 Å². The van der Waals surface area contributed by atoms with Crippen LogP contribution in [0.25, 0.3) is 22.7 Å². The zero-order valence-electron chi connectivity index (χ0n) is 20.5. The number of rotatable bonds is 4. The zero-order valence-corrected chi connectivity index (χ0v) is 20.5. The predicted molar refractivity (Wildman–Crippen MR) is 138 cm³/mol. The van der Waals surface area contributed by atoms with Crippen molar-refractivity contribution >= 4 is 5.65 Å². The Morgan fingerprint density at radius 3 is 2.45 bits per heavy atom. The van der Waals surface area contributed by atoms with E-state index in [4.69, 9.17) is 19.6 Å². The van der Waals surface area contributed by atoms with Gasteiger partial charge >= 0.3 is 0 Å². The quantitative estimate of drug-likeness (QED) is 0.305. The summed E-state index contributed by atoms with van der Waals surface area (Å²) in [6.07, 6.45) is 1.58. The summed E-state index contributed by atoms with van der Waals surface area (Å²) in [5.41, 5.74) is 5.55. The van der Waals surface area contributed by atoms with Crippen molar-refractivity contribution in [2.45, 2.75) is 12.8 Å². The lowest BCUT2D eigenvalue weighted by Gasteiger charge is -2.27. The van der Waals surface area contributed by atoms with E-state index in [1.54, 1.807) is 34.8 Å². The molecule has 4 heterocycles. The number of aromatic nitrogens is 6. The minimum absolute atomic E-state index is 0.320. The number of methoxy groups -OCH3 is 1. The third-order valence-corrected chi connectivity index (χ3v) is 6.77. The number of halogens is 1. The van der Waals surface area contributed by atoms with Crippen LogP contribution in [-0.2, 0) is 0 Å². The fourth-order valence-corrected chi connectivity index (χ4v) is 5.06. The molecule has 0 N–H and O–H groups in total. The van der Waals surface area contributed by atoms with Crippen LogP contribution >= 0.6 is 0 Å². The van der Waals surface area contributed by atoms with E-state index >= 15 is 0 Å². The normalized spacial score (nSPS) is 14.1. The number of hydrogen-bond donors (Lipinski definition) is 0. The highest BCUT2D eigenvalue weighted by molar-refractivity contribution is 5.69. The SMILES string of the molecule is COc1ccccc1[C@H]1c2c(C)nn(-c3ccccc3)c2Oc2ncn3nc(-c4ccc(F)cc4)nc3c21. The number of nitrogens with zero attached hydrogens (tertiary/aromatic N) is 6. The molecule has 0 bridgehead atoms. The second-order valence-corrected chi connectivity index (χ2v) is 9.00. The summed E-state index contributed by atoms with van der Waals surface area (Å²) in [5, 5.41) is 9.50. The Hall–Kier alpha value is -5.05. The summed E-state index contributed by atoms with van der Waals surface area (Å²) in [7, 11) is 1.66. The zero-order chi connectivity index (χ0) is 25.8. The molecule has 1 atom stereocenters. The molecule has 0 saturated heterocycles. The maximum Gasteiger partial charge on any atom is 0.230 e. The smallest absolute Gasteiger partial charge is 0.230 e. The molecular formula is C29H21FN6O2. The lowest BCUT2D eigenvalue weighted by molar-refractivity contribution is 0.393. The van der Waals surface area contributed by atoms with Crippen LogP contribution in [-0.4, -0.2) is 36.5 Å². The summed E-state index contributed by atoms with van der Waals surface area (Å²) in [6.45, 7) is 1.97. The highest BCUT2D eigenvalue weighted by atomic mass is 19.1. The van der Waals surface area contributed by atoms with E-state index in [9.17, 15) is 4.39 Å². The van der Waals surface area contributed by atoms with Crippen molar-refractivity contribution in [1.82, 2.24) is 29.4 Å². The van der Waals surface area contributed by atoms with E-state index in [1.165, 1.54) is 12.1 Å². The fraction of sp³-hybridized carbons (Fsp3) is 0.103. The third kappa shape index (κ3) is 3.36. The van der Waals surface area contributed by atoms with Gasteiger partial charge in [0.1, 0.15) is 17.9 Å². The molecule has 9 heteroatoms. The van der Waals surface area contributed by atoms with E-state index in [0.717, 1.165) is 33.8 Å². The average Bonchev–Trinajstić information content (AvgIpc) is 3.54. The average molecular weight is 505 g/mol. The van der Waals surface area contributed by atoms with Gasteiger partial charge in [0.25, 0.3) is 0 Å². The molecule has 186 valence electrons. The number of aryl methyl sites for hydroxylation is 1. The monoisotopic (exact) mass is 504 g/mol. The predicted octanol–water partition coefficient (Wildman–Crippen LogP) is 5.72. The molecule has 1 aliphatic rings. The molecule has 8 nitrogen and oxygen atoms in total. The maximum absolute atomic E-state index is 13.6. The van der Waals surface area contributed by atoms with Crippen LogP contribution < -0.4 is 9.47 Å². The Bertz CT molecular complexity index is 1810. The van der Waals surface area contributed by atoms with Crippen LogP contribution in [0.2, 0.25) is 0 Å². The lowest BCUT2D eigenvalue weighted by atomic mass is 9.84. The van der Waals surface area contributed by atoms with Crippen molar-refractivity contribution in [3.8, 4) is 34.6 Å². The number of para-hydroxylation sites is 2. The molecule has 1 aliphatic heterocycles. The number of fused-ring (bicyclic) bond motifs is 4. The van der Waals surface area contributed by atoms with Crippen molar-refractivity contribution in [2.24, 2.45) is 0 Å². The van der Waals surface area contributed by atoms with Gasteiger partial charge < -0.3 is 9.47 Å². The van der Waals surface area contributed by atoms with Gasteiger partial charge in [-0.25, -0.2) is 23.6 Å². The largest absolute Gasteiger partial charge is 0.496 e. The standard InChI is InChI=1S/C29H21FN6O2/c1-17-23-24(21-10-6-7-11-22(21)37-2)25-27-32-26(18-12-14-19(30)15-13-18)34-35(27)16-31-28(25)38-29(23)36(33-17)20-8-4-3-5-9-20/h3-16,24H,1-2H3/t24-/m0/s1. The van der Waals surface area contributed by atoms with Gasteiger partial charge in [-0.2, -0.15) is 5.10 Å². The van der Waals surface area contributed by atoms with E-state index in [1.807, 2.05) is 61.5 Å². The van der Waals surface area contributed by atoms with Crippen molar-refractivity contribution < 1.29 is 13.9 Å². The molecule has 6 aromatic rings. The van der Waals surface area contributed by atoms with Crippen LogP contribution in [0.3, 0.4) is 0 Å². The molecule has 0 saturated carbocycles. The minimum atomic E-state index is -0.344. The second kappa shape index (κ2) is 8.52. The summed E-state index contributed by atoms with van der Waals surface area (Å²) in [5.74, 6) is 1.52. The maximum atomic E-state index is 13.6. The first kappa shape index (κ1) is 22.2. The van der Waals surface area contributed by atoms with E-state index in [0.29, 0.717) is 28.8 Å². The minimum Gasteiger partial charge on any atom is -0.496 e. The van der Waals surface area contributed by atoms with Crippen LogP contribution in [0.4, 0.5) is 4.39 Å². The van der Waals surface area contributed by atoms with Crippen molar-refractivity contribution in [2.75, 3.05) is 7.11 Å². The second-order valence-electron chi connectivity index (χ2n) is 9.00. The van der Waals surface area contributed by atoms with Gasteiger partial charge in [-0.3, -0.25) is 0 Å². The van der Waals surface area contributed by atoms with Gasteiger partial charge in [0.05, 0.1) is 35.5 Å². The fourth-order valence-electron chi connectivity index (χ4n) is 5.06. The first-order valence-corrected chi connectivity index (χ1v) is 12.1. The summed E-state index contributed by atoms with van der Waals surface area (Å²) < 4.78 is 29.2. The highest BCUT2D eigenvalue weighted by Gasteiger charge is 2.39. The van der Waals surface area contributed by atoms with E-state index in [2.05, 4.69) is 10.1 Å². The van der Waals surface area contributed by atoms with Gasteiger partial charge in [-0.1, -0.05) is 36.4 Å². The first-order valence-electron chi connectivity index (χ1n) is 12.1. The Morgan fingerprint density at radius 1 is 0.895 bits per heavy atom. The van der Waals surface area contributed by atoms with Gasteiger partial charge in [0.15, 0.2) is 11.5 Å². The van der Waals surface area contributed by atoms with Crippen LogP contribution in [0, 0.1) is 12.7 Å². The van der Waals surface area contributed by atoms with Crippen LogP contribution in [0.1, 0.15) is 28.3 Å². The first-order chi connectivity index (χ1) is 18.6. The molecule has 0 aliphatic carbocycles.